The van der Waals surface area contributed by atoms with Crippen molar-refractivity contribution in [1.29, 1.82) is 5.26 Å². The fourth-order valence-corrected chi connectivity index (χ4v) is 3.34. The first kappa shape index (κ1) is 16.5. The molecule has 5 heteroatoms. The van der Waals surface area contributed by atoms with Gasteiger partial charge in [-0.05, 0) is 47.9 Å². The molecule has 2 aromatic rings. The van der Waals surface area contributed by atoms with Crippen molar-refractivity contribution in [3.8, 4) is 6.07 Å². The second-order valence-electron chi connectivity index (χ2n) is 4.67. The average Bonchev–Trinajstić information content (AvgIpc) is 2.53. The van der Waals surface area contributed by atoms with Crippen LogP contribution in [-0.2, 0) is 16.3 Å². The van der Waals surface area contributed by atoms with Crippen LogP contribution in [0.5, 0.6) is 0 Å². The van der Waals surface area contributed by atoms with Crippen molar-refractivity contribution in [2.45, 2.75) is 18.2 Å². The van der Waals surface area contributed by atoms with E-state index in [1.807, 2.05) is 31.2 Å². The first-order chi connectivity index (χ1) is 10.5. The Hall–Kier alpha value is -1.90. The smallest absolute Gasteiger partial charge is 0.216 e. The molecule has 0 N–H and O–H groups in total. The molecule has 0 unspecified atom stereocenters. The van der Waals surface area contributed by atoms with E-state index in [-0.39, 0.29) is 9.80 Å². The van der Waals surface area contributed by atoms with E-state index in [0.717, 1.165) is 16.5 Å². The lowest BCUT2D eigenvalue weighted by Gasteiger charge is -2.04. The summed E-state index contributed by atoms with van der Waals surface area (Å²) in [6, 6.07) is 15.5. The molecule has 0 aromatic heterocycles. The van der Waals surface area contributed by atoms with Gasteiger partial charge in [0.05, 0.1) is 4.90 Å². The summed E-state index contributed by atoms with van der Waals surface area (Å²) in [5.74, 6) is 0. The fraction of sp³-hybridized carbons (Fsp3) is 0.118. The number of halogens is 1. The second-order valence-corrected chi connectivity index (χ2v) is 7.51. The van der Waals surface area contributed by atoms with E-state index in [9.17, 15) is 13.7 Å². The molecule has 0 atom stereocenters. The number of sulfone groups is 1. The van der Waals surface area contributed by atoms with Crippen LogP contribution in [0.4, 0.5) is 0 Å². The minimum Gasteiger partial charge on any atom is -0.218 e. The van der Waals surface area contributed by atoms with Crippen molar-refractivity contribution in [3.63, 3.8) is 0 Å². The Morgan fingerprint density at radius 3 is 2.23 bits per heavy atom. The number of benzene rings is 2. The predicted octanol–water partition coefficient (Wildman–Crippen LogP) is 4.35. The number of allylic oxidation sites excluding steroid dienone is 1. The third-order valence-electron chi connectivity index (χ3n) is 3.21. The summed E-state index contributed by atoms with van der Waals surface area (Å²) >= 11 is 3.26. The number of rotatable bonds is 4. The fourth-order valence-electron chi connectivity index (χ4n) is 1.91. The highest BCUT2D eigenvalue weighted by Gasteiger charge is 2.20. The van der Waals surface area contributed by atoms with Gasteiger partial charge >= 0.3 is 0 Å². The van der Waals surface area contributed by atoms with Gasteiger partial charge in [-0.15, -0.1) is 0 Å². The topological polar surface area (TPSA) is 57.9 Å². The predicted molar refractivity (Wildman–Crippen MR) is 90.7 cm³/mol. The van der Waals surface area contributed by atoms with Gasteiger partial charge in [-0.3, -0.25) is 0 Å². The van der Waals surface area contributed by atoms with Crippen molar-refractivity contribution in [3.05, 3.63) is 69.0 Å². The lowest BCUT2D eigenvalue weighted by molar-refractivity contribution is 0.603. The van der Waals surface area contributed by atoms with E-state index < -0.39 is 9.84 Å². The Morgan fingerprint density at radius 1 is 1.14 bits per heavy atom. The first-order valence-corrected chi connectivity index (χ1v) is 8.96. The van der Waals surface area contributed by atoms with Gasteiger partial charge in [-0.1, -0.05) is 47.1 Å². The van der Waals surface area contributed by atoms with E-state index >= 15 is 0 Å². The molecule has 0 amide bonds. The Kier molecular flexibility index (Phi) is 5.17. The van der Waals surface area contributed by atoms with Gasteiger partial charge in [-0.2, -0.15) is 5.26 Å². The van der Waals surface area contributed by atoms with Crippen molar-refractivity contribution in [1.82, 2.24) is 0 Å². The molecule has 0 heterocycles. The van der Waals surface area contributed by atoms with Crippen LogP contribution in [0, 0.1) is 11.3 Å². The molecule has 0 bridgehead atoms. The van der Waals surface area contributed by atoms with Gasteiger partial charge in [0.15, 0.2) is 0 Å². The molecule has 0 radical (unpaired) electrons. The van der Waals surface area contributed by atoms with Gasteiger partial charge in [0, 0.05) is 4.47 Å². The van der Waals surface area contributed by atoms with Gasteiger partial charge in [0.25, 0.3) is 0 Å². The Balaban J connectivity index is 2.43. The summed E-state index contributed by atoms with van der Waals surface area (Å²) in [5.41, 5.74) is 1.85. The van der Waals surface area contributed by atoms with Gasteiger partial charge in [-0.25, -0.2) is 8.42 Å². The molecule has 0 spiro atoms. The van der Waals surface area contributed by atoms with Gasteiger partial charge in [0.1, 0.15) is 11.0 Å². The van der Waals surface area contributed by atoms with E-state index in [4.69, 9.17) is 0 Å². The highest BCUT2D eigenvalue weighted by atomic mass is 79.9. The Bertz CT molecular complexity index is 830. The van der Waals surface area contributed by atoms with Crippen LogP contribution in [-0.4, -0.2) is 8.42 Å². The molecule has 0 saturated heterocycles. The minimum atomic E-state index is -3.80. The van der Waals surface area contributed by atoms with E-state index in [0.29, 0.717) is 5.56 Å². The molecule has 0 saturated carbocycles. The van der Waals surface area contributed by atoms with Crippen molar-refractivity contribution in [2.75, 3.05) is 0 Å². The molecule has 0 aliphatic carbocycles. The number of aryl methyl sites for hydroxylation is 1. The third kappa shape index (κ3) is 3.65. The maximum absolute atomic E-state index is 12.5. The maximum atomic E-state index is 12.5. The van der Waals surface area contributed by atoms with Crippen LogP contribution >= 0.6 is 15.9 Å². The van der Waals surface area contributed by atoms with Crippen LogP contribution in [0.2, 0.25) is 0 Å². The van der Waals surface area contributed by atoms with Gasteiger partial charge < -0.3 is 0 Å². The highest BCUT2D eigenvalue weighted by Crippen LogP contribution is 2.23. The van der Waals surface area contributed by atoms with Crippen LogP contribution in [0.25, 0.3) is 6.08 Å². The molecule has 0 aliphatic rings. The Labute approximate surface area is 139 Å². The molecule has 0 aliphatic heterocycles. The zero-order chi connectivity index (χ0) is 16.2. The average molecular weight is 376 g/mol. The normalized spacial score (nSPS) is 12.0. The quantitative estimate of drug-likeness (QED) is 0.746. The number of nitriles is 1. The summed E-state index contributed by atoms with van der Waals surface area (Å²) in [6.07, 6.45) is 2.31. The number of nitrogens with zero attached hydrogens (tertiary/aromatic N) is 1. The number of hydrogen-bond acceptors (Lipinski definition) is 3. The summed E-state index contributed by atoms with van der Waals surface area (Å²) < 4.78 is 25.8. The van der Waals surface area contributed by atoms with E-state index in [2.05, 4.69) is 15.9 Å². The lowest BCUT2D eigenvalue weighted by Crippen LogP contribution is -2.03. The second kappa shape index (κ2) is 6.91. The van der Waals surface area contributed by atoms with Crippen LogP contribution in [0.3, 0.4) is 0 Å². The van der Waals surface area contributed by atoms with Crippen molar-refractivity contribution in [2.24, 2.45) is 0 Å². The molecule has 2 rings (SSSR count). The summed E-state index contributed by atoms with van der Waals surface area (Å²) in [5, 5.41) is 9.23. The monoisotopic (exact) mass is 375 g/mol. The summed E-state index contributed by atoms with van der Waals surface area (Å²) in [6.45, 7) is 2.05. The Morgan fingerprint density at radius 2 is 1.73 bits per heavy atom. The van der Waals surface area contributed by atoms with Crippen molar-refractivity contribution < 1.29 is 8.42 Å². The SMILES string of the molecule is CCc1ccc(/C=C(/C#N)S(=O)(=O)c2ccc(Br)cc2)cc1. The number of hydrogen-bond donors (Lipinski definition) is 0. The molecular formula is C17H14BrNO2S. The van der Waals surface area contributed by atoms with E-state index in [1.54, 1.807) is 18.2 Å². The minimum absolute atomic E-state index is 0.105. The zero-order valence-corrected chi connectivity index (χ0v) is 14.4. The largest absolute Gasteiger partial charge is 0.218 e. The molecular weight excluding hydrogens is 362 g/mol. The zero-order valence-electron chi connectivity index (χ0n) is 12.0. The summed E-state index contributed by atoms with van der Waals surface area (Å²) in [7, 11) is -3.80. The third-order valence-corrected chi connectivity index (χ3v) is 5.42. The van der Waals surface area contributed by atoms with E-state index in [1.165, 1.54) is 18.2 Å². The lowest BCUT2D eigenvalue weighted by atomic mass is 10.1. The van der Waals surface area contributed by atoms with Gasteiger partial charge in [0.2, 0.25) is 9.84 Å². The van der Waals surface area contributed by atoms with Crippen molar-refractivity contribution >= 4 is 31.8 Å². The molecule has 22 heavy (non-hydrogen) atoms. The summed E-state index contributed by atoms with van der Waals surface area (Å²) in [4.78, 5) is -0.159. The van der Waals surface area contributed by atoms with Crippen LogP contribution in [0.1, 0.15) is 18.1 Å². The molecule has 2 aromatic carbocycles. The maximum Gasteiger partial charge on any atom is 0.216 e. The van der Waals surface area contributed by atoms with Crippen LogP contribution < -0.4 is 0 Å². The molecule has 3 nitrogen and oxygen atoms in total. The molecule has 112 valence electrons. The molecule has 0 fully saturated rings. The standard InChI is InChI=1S/C17H14BrNO2S/c1-2-13-3-5-14(6-4-13)11-17(12-19)22(20,21)16-9-7-15(18)8-10-16/h3-11H,2H2,1H3/b17-11-. The van der Waals surface area contributed by atoms with Crippen LogP contribution in [0.15, 0.2) is 62.8 Å². The first-order valence-electron chi connectivity index (χ1n) is 6.68. The highest BCUT2D eigenvalue weighted by molar-refractivity contribution is 9.10.